The van der Waals surface area contributed by atoms with Gasteiger partial charge in [-0.3, -0.25) is 0 Å². The monoisotopic (exact) mass is 279 g/mol. The Bertz CT molecular complexity index is 501. The number of thiophene rings is 1. The van der Waals surface area contributed by atoms with Gasteiger partial charge in [-0.25, -0.2) is 0 Å². The summed E-state index contributed by atoms with van der Waals surface area (Å²) < 4.78 is 0.801. The highest BCUT2D eigenvalue weighted by Gasteiger charge is 2.10. The number of hydrogen-bond acceptors (Lipinski definition) is 2. The van der Waals surface area contributed by atoms with E-state index >= 15 is 0 Å². The van der Waals surface area contributed by atoms with E-state index in [1.165, 1.54) is 11.1 Å². The summed E-state index contributed by atoms with van der Waals surface area (Å²) in [7, 11) is 0. The van der Waals surface area contributed by atoms with Gasteiger partial charge in [-0.05, 0) is 35.6 Å². The van der Waals surface area contributed by atoms with Crippen molar-refractivity contribution in [2.24, 2.45) is 5.73 Å². The molecular weight excluding hydrogens is 262 g/mol. The number of rotatable bonds is 4. The standard InChI is InChI=1S/C15H18ClNS/c1-10(2)12-5-3-11(4-6-12)9-13(17)14-7-8-15(16)18-14/h3-8,10,13H,9,17H2,1-2H3. The van der Waals surface area contributed by atoms with Crippen LogP contribution >= 0.6 is 22.9 Å². The predicted molar refractivity (Wildman–Crippen MR) is 80.5 cm³/mol. The molecule has 2 rings (SSSR count). The second kappa shape index (κ2) is 5.87. The van der Waals surface area contributed by atoms with Crippen molar-refractivity contribution in [3.05, 3.63) is 56.7 Å². The maximum Gasteiger partial charge on any atom is 0.0931 e. The Kier molecular flexibility index (Phi) is 4.44. The van der Waals surface area contributed by atoms with Crippen molar-refractivity contribution in [2.75, 3.05) is 0 Å². The van der Waals surface area contributed by atoms with Gasteiger partial charge < -0.3 is 5.73 Å². The molecule has 1 unspecified atom stereocenters. The van der Waals surface area contributed by atoms with Gasteiger partial charge >= 0.3 is 0 Å². The molecule has 0 radical (unpaired) electrons. The fraction of sp³-hybridized carbons (Fsp3) is 0.333. The summed E-state index contributed by atoms with van der Waals surface area (Å²) in [6.07, 6.45) is 0.856. The molecule has 2 aromatic rings. The molecule has 1 aromatic carbocycles. The summed E-state index contributed by atoms with van der Waals surface area (Å²) in [6.45, 7) is 4.41. The van der Waals surface area contributed by atoms with Crippen molar-refractivity contribution in [1.82, 2.24) is 0 Å². The molecular formula is C15H18ClNS. The first-order chi connectivity index (χ1) is 8.56. The molecule has 96 valence electrons. The van der Waals surface area contributed by atoms with Crippen LogP contribution in [0, 0.1) is 0 Å². The molecule has 1 atom stereocenters. The highest BCUT2D eigenvalue weighted by Crippen LogP contribution is 2.27. The van der Waals surface area contributed by atoms with E-state index in [2.05, 4.69) is 38.1 Å². The van der Waals surface area contributed by atoms with E-state index < -0.39 is 0 Å². The first-order valence-electron chi connectivity index (χ1n) is 6.16. The van der Waals surface area contributed by atoms with E-state index in [4.69, 9.17) is 17.3 Å². The molecule has 0 saturated heterocycles. The van der Waals surface area contributed by atoms with Crippen molar-refractivity contribution >= 4 is 22.9 Å². The van der Waals surface area contributed by atoms with Crippen LogP contribution in [0.1, 0.15) is 41.8 Å². The normalized spacial score (nSPS) is 12.9. The third kappa shape index (κ3) is 3.35. The molecule has 0 spiro atoms. The molecule has 18 heavy (non-hydrogen) atoms. The van der Waals surface area contributed by atoms with Gasteiger partial charge in [0.1, 0.15) is 0 Å². The Balaban J connectivity index is 2.05. The smallest absolute Gasteiger partial charge is 0.0931 e. The van der Waals surface area contributed by atoms with E-state index in [0.29, 0.717) is 5.92 Å². The van der Waals surface area contributed by atoms with Gasteiger partial charge in [0.25, 0.3) is 0 Å². The fourth-order valence-electron chi connectivity index (χ4n) is 1.92. The molecule has 0 fully saturated rings. The molecule has 0 saturated carbocycles. The topological polar surface area (TPSA) is 26.0 Å². The van der Waals surface area contributed by atoms with E-state index in [9.17, 15) is 0 Å². The molecule has 0 aliphatic carbocycles. The van der Waals surface area contributed by atoms with Crippen LogP contribution in [0.5, 0.6) is 0 Å². The lowest BCUT2D eigenvalue weighted by Gasteiger charge is -2.11. The van der Waals surface area contributed by atoms with Crippen LogP contribution in [0.15, 0.2) is 36.4 Å². The minimum atomic E-state index is 0.0346. The number of halogens is 1. The Labute approximate surface area is 118 Å². The van der Waals surface area contributed by atoms with Crippen molar-refractivity contribution < 1.29 is 0 Å². The van der Waals surface area contributed by atoms with Crippen LogP contribution in [0.3, 0.4) is 0 Å². The third-order valence-electron chi connectivity index (χ3n) is 3.06. The summed E-state index contributed by atoms with van der Waals surface area (Å²) in [4.78, 5) is 1.15. The quantitative estimate of drug-likeness (QED) is 0.857. The third-order valence-corrected chi connectivity index (χ3v) is 4.42. The lowest BCUT2D eigenvalue weighted by molar-refractivity contribution is 0.735. The molecule has 0 amide bonds. The van der Waals surface area contributed by atoms with Crippen molar-refractivity contribution in [1.29, 1.82) is 0 Å². The predicted octanol–water partition coefficient (Wildman–Crippen LogP) is 4.77. The molecule has 0 aliphatic heterocycles. The van der Waals surface area contributed by atoms with E-state index in [1.807, 2.05) is 12.1 Å². The minimum absolute atomic E-state index is 0.0346. The van der Waals surface area contributed by atoms with Gasteiger partial charge in [-0.15, -0.1) is 11.3 Å². The number of nitrogens with two attached hydrogens (primary N) is 1. The second-order valence-electron chi connectivity index (χ2n) is 4.85. The molecule has 1 nitrogen and oxygen atoms in total. The van der Waals surface area contributed by atoms with Crippen LogP contribution in [-0.2, 0) is 6.42 Å². The fourth-order valence-corrected chi connectivity index (χ4v) is 2.98. The Morgan fingerprint density at radius 3 is 2.28 bits per heavy atom. The van der Waals surface area contributed by atoms with E-state index in [0.717, 1.165) is 15.6 Å². The number of benzene rings is 1. The zero-order valence-electron chi connectivity index (χ0n) is 10.7. The zero-order valence-corrected chi connectivity index (χ0v) is 12.3. The largest absolute Gasteiger partial charge is 0.323 e. The summed E-state index contributed by atoms with van der Waals surface area (Å²) in [6, 6.07) is 12.7. The van der Waals surface area contributed by atoms with E-state index in [1.54, 1.807) is 11.3 Å². The van der Waals surface area contributed by atoms with Gasteiger partial charge in [-0.2, -0.15) is 0 Å². The van der Waals surface area contributed by atoms with Crippen LogP contribution < -0.4 is 5.73 Å². The lowest BCUT2D eigenvalue weighted by Crippen LogP contribution is -2.11. The maximum absolute atomic E-state index is 6.19. The molecule has 2 N–H and O–H groups in total. The van der Waals surface area contributed by atoms with Gasteiger partial charge in [0, 0.05) is 10.9 Å². The first kappa shape index (κ1) is 13.6. The van der Waals surface area contributed by atoms with Crippen molar-refractivity contribution in [2.45, 2.75) is 32.2 Å². The zero-order chi connectivity index (χ0) is 13.1. The molecule has 1 heterocycles. The first-order valence-corrected chi connectivity index (χ1v) is 7.35. The molecule has 1 aromatic heterocycles. The lowest BCUT2D eigenvalue weighted by atomic mass is 9.99. The van der Waals surface area contributed by atoms with Crippen LogP contribution in [0.25, 0.3) is 0 Å². The van der Waals surface area contributed by atoms with Gasteiger partial charge in [0.15, 0.2) is 0 Å². The Morgan fingerprint density at radius 1 is 1.11 bits per heavy atom. The van der Waals surface area contributed by atoms with Gasteiger partial charge in [-0.1, -0.05) is 49.7 Å². The van der Waals surface area contributed by atoms with Gasteiger partial charge in [0.05, 0.1) is 4.34 Å². The minimum Gasteiger partial charge on any atom is -0.323 e. The molecule has 0 bridgehead atoms. The summed E-state index contributed by atoms with van der Waals surface area (Å²) >= 11 is 7.49. The average Bonchev–Trinajstić information content (AvgIpc) is 2.76. The second-order valence-corrected chi connectivity index (χ2v) is 6.60. The van der Waals surface area contributed by atoms with Crippen molar-refractivity contribution in [3.63, 3.8) is 0 Å². The molecule has 0 aliphatic rings. The highest BCUT2D eigenvalue weighted by molar-refractivity contribution is 7.16. The SMILES string of the molecule is CC(C)c1ccc(CC(N)c2ccc(Cl)s2)cc1. The summed E-state index contributed by atoms with van der Waals surface area (Å²) in [5.41, 5.74) is 8.83. The Morgan fingerprint density at radius 2 is 1.78 bits per heavy atom. The summed E-state index contributed by atoms with van der Waals surface area (Å²) in [5, 5.41) is 0. The number of hydrogen-bond donors (Lipinski definition) is 1. The molecule has 3 heteroatoms. The van der Waals surface area contributed by atoms with Crippen molar-refractivity contribution in [3.8, 4) is 0 Å². The highest BCUT2D eigenvalue weighted by atomic mass is 35.5. The average molecular weight is 280 g/mol. The van der Waals surface area contributed by atoms with Crippen LogP contribution in [0.4, 0.5) is 0 Å². The maximum atomic E-state index is 6.19. The van der Waals surface area contributed by atoms with Crippen LogP contribution in [-0.4, -0.2) is 0 Å². The van der Waals surface area contributed by atoms with Gasteiger partial charge in [0.2, 0.25) is 0 Å². The summed E-state index contributed by atoms with van der Waals surface area (Å²) in [5.74, 6) is 0.573. The van der Waals surface area contributed by atoms with Crippen LogP contribution in [0.2, 0.25) is 4.34 Å². The Hall–Kier alpha value is -0.830. The van der Waals surface area contributed by atoms with E-state index in [-0.39, 0.29) is 6.04 Å².